The number of rotatable bonds is 6. The molecule has 4 saturated carbocycles. The second-order valence-corrected chi connectivity index (χ2v) is 10.3. The van der Waals surface area contributed by atoms with Crippen LogP contribution in [0.25, 0.3) is 0 Å². The zero-order valence-electron chi connectivity index (χ0n) is 17.9. The molecule has 1 heterocycles. The van der Waals surface area contributed by atoms with Crippen LogP contribution in [-0.2, 0) is 4.79 Å². The van der Waals surface area contributed by atoms with Gasteiger partial charge in [0.1, 0.15) is 5.75 Å². The summed E-state index contributed by atoms with van der Waals surface area (Å²) in [7, 11) is 1.75. The molecule has 1 saturated heterocycles. The highest BCUT2D eigenvalue weighted by Gasteiger charge is 2.54. The fourth-order valence-electron chi connectivity index (χ4n) is 7.37. The van der Waals surface area contributed by atoms with Gasteiger partial charge < -0.3 is 10.1 Å². The molecule has 4 aliphatic carbocycles. The fraction of sp³-hybridized carbons (Fsp3) is 0.720. The molecule has 158 valence electrons. The van der Waals surface area contributed by atoms with Crippen molar-refractivity contribution in [1.82, 2.24) is 10.2 Å². The number of hydrogen-bond donors (Lipinski definition) is 1. The zero-order chi connectivity index (χ0) is 19.8. The second kappa shape index (κ2) is 7.94. The van der Waals surface area contributed by atoms with Crippen molar-refractivity contribution in [2.24, 2.45) is 23.2 Å². The highest BCUT2D eigenvalue weighted by molar-refractivity contribution is 5.83. The quantitative estimate of drug-likeness (QED) is 0.767. The van der Waals surface area contributed by atoms with Gasteiger partial charge in [0.25, 0.3) is 0 Å². The topological polar surface area (TPSA) is 41.6 Å². The highest BCUT2D eigenvalue weighted by atomic mass is 16.5. The molecule has 5 aliphatic rings. The Kier molecular flexibility index (Phi) is 5.32. The number of amides is 1. The lowest BCUT2D eigenvalue weighted by molar-refractivity contribution is -0.146. The van der Waals surface area contributed by atoms with Crippen LogP contribution in [0.5, 0.6) is 5.75 Å². The molecule has 1 amide bonds. The van der Waals surface area contributed by atoms with E-state index in [1.807, 2.05) is 12.1 Å². The molecule has 1 aromatic rings. The molecule has 1 N–H and O–H groups in total. The first-order valence-electron chi connectivity index (χ1n) is 11.8. The van der Waals surface area contributed by atoms with Crippen molar-refractivity contribution >= 4 is 5.91 Å². The Morgan fingerprint density at radius 2 is 1.69 bits per heavy atom. The molecule has 6 rings (SSSR count). The molecule has 1 atom stereocenters. The standard InChI is InChI=1S/C25H36N2O2/c1-29-23-8-4-3-7-21(23)22(27-9-5-2-6-10-27)17-26-24(28)25-14-18-11-19(15-25)13-20(12-18)16-25/h3-4,7-8,18-20,22H,2,5-6,9-17H2,1H3,(H,26,28). The Labute approximate surface area is 175 Å². The number of nitrogens with zero attached hydrogens (tertiary/aromatic N) is 1. The Hall–Kier alpha value is -1.55. The minimum Gasteiger partial charge on any atom is -0.496 e. The largest absolute Gasteiger partial charge is 0.496 e. The summed E-state index contributed by atoms with van der Waals surface area (Å²) >= 11 is 0. The maximum absolute atomic E-state index is 13.5. The van der Waals surface area contributed by atoms with Gasteiger partial charge in [0.05, 0.1) is 13.2 Å². The van der Waals surface area contributed by atoms with E-state index < -0.39 is 0 Å². The summed E-state index contributed by atoms with van der Waals surface area (Å²) in [6.45, 7) is 2.91. The maximum atomic E-state index is 13.5. The first kappa shape index (κ1) is 19.4. The first-order chi connectivity index (χ1) is 14.2. The summed E-state index contributed by atoms with van der Waals surface area (Å²) in [4.78, 5) is 16.1. The fourth-order valence-corrected chi connectivity index (χ4v) is 7.37. The lowest BCUT2D eigenvalue weighted by Gasteiger charge is -2.55. The molecule has 4 bridgehead atoms. The lowest BCUT2D eigenvalue weighted by atomic mass is 9.49. The Balaban J connectivity index is 1.33. The van der Waals surface area contributed by atoms with Crippen molar-refractivity contribution in [3.8, 4) is 5.75 Å². The van der Waals surface area contributed by atoms with Gasteiger partial charge >= 0.3 is 0 Å². The molecular formula is C25H36N2O2. The summed E-state index contributed by atoms with van der Waals surface area (Å²) in [5, 5.41) is 3.45. The molecule has 5 fully saturated rings. The van der Waals surface area contributed by atoms with Gasteiger partial charge in [-0.05, 0) is 88.3 Å². The molecule has 4 nitrogen and oxygen atoms in total. The molecule has 1 aromatic carbocycles. The predicted octanol–water partition coefficient (Wildman–Crippen LogP) is 4.55. The van der Waals surface area contributed by atoms with Crippen LogP contribution in [0.15, 0.2) is 24.3 Å². The minimum absolute atomic E-state index is 0.0675. The van der Waals surface area contributed by atoms with Crippen LogP contribution in [0.2, 0.25) is 0 Å². The van der Waals surface area contributed by atoms with Gasteiger partial charge in [-0.25, -0.2) is 0 Å². The van der Waals surface area contributed by atoms with E-state index in [9.17, 15) is 4.79 Å². The van der Waals surface area contributed by atoms with E-state index in [1.54, 1.807) is 7.11 Å². The molecule has 0 aromatic heterocycles. The van der Waals surface area contributed by atoms with Crippen molar-refractivity contribution in [1.29, 1.82) is 0 Å². The number of carbonyl (C=O) groups is 1. The van der Waals surface area contributed by atoms with E-state index in [4.69, 9.17) is 4.74 Å². The summed E-state index contributed by atoms with van der Waals surface area (Å²) in [6.07, 6.45) is 11.3. The number of carbonyl (C=O) groups excluding carboxylic acids is 1. The van der Waals surface area contributed by atoms with Crippen molar-refractivity contribution in [3.63, 3.8) is 0 Å². The molecule has 29 heavy (non-hydrogen) atoms. The number of hydrogen-bond acceptors (Lipinski definition) is 3. The van der Waals surface area contributed by atoms with Gasteiger partial charge in [-0.2, -0.15) is 0 Å². The SMILES string of the molecule is COc1ccccc1C(CNC(=O)C12CC3CC(CC(C3)C1)C2)N1CCCCC1. The molecule has 1 aliphatic heterocycles. The molecule has 4 heteroatoms. The molecule has 1 unspecified atom stereocenters. The van der Waals surface area contributed by atoms with Gasteiger partial charge in [0.2, 0.25) is 5.91 Å². The van der Waals surface area contributed by atoms with Crippen LogP contribution >= 0.6 is 0 Å². The third-order valence-corrected chi connectivity index (χ3v) is 8.31. The van der Waals surface area contributed by atoms with Crippen LogP contribution in [0, 0.1) is 23.2 Å². The lowest BCUT2D eigenvalue weighted by Crippen LogP contribution is -2.54. The summed E-state index contributed by atoms with van der Waals surface area (Å²) in [5.41, 5.74) is 1.14. The van der Waals surface area contributed by atoms with Crippen LogP contribution in [-0.4, -0.2) is 37.6 Å². The van der Waals surface area contributed by atoms with Gasteiger partial charge in [-0.15, -0.1) is 0 Å². The van der Waals surface area contributed by atoms with Crippen LogP contribution in [0.1, 0.15) is 69.4 Å². The van der Waals surface area contributed by atoms with Crippen LogP contribution in [0.3, 0.4) is 0 Å². The smallest absolute Gasteiger partial charge is 0.226 e. The van der Waals surface area contributed by atoms with Crippen LogP contribution < -0.4 is 10.1 Å². The number of likely N-dealkylation sites (tertiary alicyclic amines) is 1. The number of ether oxygens (including phenoxy) is 1. The number of piperidine rings is 1. The van der Waals surface area contributed by atoms with E-state index in [0.29, 0.717) is 12.5 Å². The Morgan fingerprint density at radius 3 is 2.31 bits per heavy atom. The summed E-state index contributed by atoms with van der Waals surface area (Å²) in [5.74, 6) is 3.69. The summed E-state index contributed by atoms with van der Waals surface area (Å²) in [6, 6.07) is 8.55. The van der Waals surface area contributed by atoms with E-state index in [-0.39, 0.29) is 11.5 Å². The highest BCUT2D eigenvalue weighted by Crippen LogP contribution is 2.60. The van der Waals surface area contributed by atoms with E-state index >= 15 is 0 Å². The van der Waals surface area contributed by atoms with Crippen molar-refractivity contribution in [3.05, 3.63) is 29.8 Å². The van der Waals surface area contributed by atoms with E-state index in [0.717, 1.165) is 55.9 Å². The third kappa shape index (κ3) is 3.69. The van der Waals surface area contributed by atoms with Gasteiger partial charge in [0, 0.05) is 17.5 Å². The second-order valence-electron chi connectivity index (χ2n) is 10.3. The first-order valence-corrected chi connectivity index (χ1v) is 11.8. The van der Waals surface area contributed by atoms with Crippen LogP contribution in [0.4, 0.5) is 0 Å². The predicted molar refractivity (Wildman–Crippen MR) is 115 cm³/mol. The van der Waals surface area contributed by atoms with E-state index in [2.05, 4.69) is 22.3 Å². The number of nitrogens with one attached hydrogen (secondary N) is 1. The van der Waals surface area contributed by atoms with Crippen molar-refractivity contribution in [2.45, 2.75) is 63.8 Å². The number of para-hydroxylation sites is 1. The zero-order valence-corrected chi connectivity index (χ0v) is 17.9. The maximum Gasteiger partial charge on any atom is 0.226 e. The average Bonchev–Trinajstić information content (AvgIpc) is 2.74. The molecule has 0 radical (unpaired) electrons. The minimum atomic E-state index is -0.0675. The number of methoxy groups -OCH3 is 1. The number of benzene rings is 1. The van der Waals surface area contributed by atoms with Gasteiger partial charge in [0.15, 0.2) is 0 Å². The third-order valence-electron chi connectivity index (χ3n) is 8.31. The monoisotopic (exact) mass is 396 g/mol. The molecule has 0 spiro atoms. The normalized spacial score (nSPS) is 34.7. The molecular weight excluding hydrogens is 360 g/mol. The Bertz CT molecular complexity index is 705. The van der Waals surface area contributed by atoms with Crippen molar-refractivity contribution in [2.75, 3.05) is 26.7 Å². The van der Waals surface area contributed by atoms with Gasteiger partial charge in [-0.1, -0.05) is 24.6 Å². The average molecular weight is 397 g/mol. The van der Waals surface area contributed by atoms with Gasteiger partial charge in [-0.3, -0.25) is 9.69 Å². The Morgan fingerprint density at radius 1 is 1.07 bits per heavy atom. The van der Waals surface area contributed by atoms with E-state index in [1.165, 1.54) is 44.1 Å². The summed E-state index contributed by atoms with van der Waals surface area (Å²) < 4.78 is 5.68. The van der Waals surface area contributed by atoms with Crippen molar-refractivity contribution < 1.29 is 9.53 Å².